The number of nitrogens with one attached hydrogen (secondary N) is 2. The summed E-state index contributed by atoms with van der Waals surface area (Å²) in [5, 5.41) is 6.66. The first-order valence-electron chi connectivity index (χ1n) is 5.94. The highest BCUT2D eigenvalue weighted by atomic mass is 35.5. The quantitative estimate of drug-likeness (QED) is 0.599. The average Bonchev–Trinajstić information content (AvgIpc) is 2.36. The molecule has 0 aromatic heterocycles. The zero-order valence-electron chi connectivity index (χ0n) is 11.1. The minimum Gasteiger partial charge on any atom is -0.355 e. The van der Waals surface area contributed by atoms with E-state index in [1.54, 1.807) is 11.8 Å². The molecule has 0 heterocycles. The van der Waals surface area contributed by atoms with Crippen LogP contribution < -0.4 is 10.6 Å². The van der Waals surface area contributed by atoms with E-state index in [9.17, 15) is 4.79 Å². The number of benzene rings is 1. The van der Waals surface area contributed by atoms with Crippen molar-refractivity contribution in [2.75, 3.05) is 25.9 Å². The van der Waals surface area contributed by atoms with Crippen LogP contribution in [0, 0.1) is 5.92 Å². The molecule has 1 amide bonds. The maximum Gasteiger partial charge on any atom is 0.224 e. The van der Waals surface area contributed by atoms with Crippen molar-refractivity contribution in [3.05, 3.63) is 29.3 Å². The molecule has 1 unspecified atom stereocenters. The van der Waals surface area contributed by atoms with E-state index in [2.05, 4.69) is 10.6 Å². The van der Waals surface area contributed by atoms with Crippen LogP contribution in [0.3, 0.4) is 0 Å². The summed E-state index contributed by atoms with van der Waals surface area (Å²) < 4.78 is 0. The van der Waals surface area contributed by atoms with Gasteiger partial charge < -0.3 is 10.6 Å². The van der Waals surface area contributed by atoms with E-state index >= 15 is 0 Å². The van der Waals surface area contributed by atoms with Crippen LogP contribution in [0.25, 0.3) is 0 Å². The van der Waals surface area contributed by atoms with Gasteiger partial charge in [-0.25, -0.2) is 0 Å². The smallest absolute Gasteiger partial charge is 0.224 e. The molecule has 0 saturated carbocycles. The second kappa shape index (κ2) is 10.4. The summed E-state index contributed by atoms with van der Waals surface area (Å²) in [6.45, 7) is 3.30. The van der Waals surface area contributed by atoms with Gasteiger partial charge in [0.05, 0.1) is 0 Å². The van der Waals surface area contributed by atoms with Gasteiger partial charge in [-0.1, -0.05) is 18.5 Å². The number of hydrogen-bond acceptors (Lipinski definition) is 3. The number of carbonyl (C=O) groups is 1. The van der Waals surface area contributed by atoms with E-state index < -0.39 is 0 Å². The second-order valence-corrected chi connectivity index (χ2v) is 5.66. The van der Waals surface area contributed by atoms with Crippen LogP contribution in [-0.4, -0.2) is 31.8 Å². The van der Waals surface area contributed by atoms with E-state index in [4.69, 9.17) is 11.6 Å². The highest BCUT2D eigenvalue weighted by Gasteiger charge is 2.10. The Balaban J connectivity index is 0.00000324. The molecule has 3 nitrogen and oxygen atoms in total. The van der Waals surface area contributed by atoms with E-state index in [-0.39, 0.29) is 24.2 Å². The lowest BCUT2D eigenvalue weighted by atomic mass is 10.1. The van der Waals surface area contributed by atoms with Gasteiger partial charge in [-0.15, -0.1) is 24.2 Å². The molecule has 1 rings (SSSR count). The Morgan fingerprint density at radius 1 is 1.37 bits per heavy atom. The van der Waals surface area contributed by atoms with Crippen molar-refractivity contribution in [3.8, 4) is 0 Å². The van der Waals surface area contributed by atoms with Crippen molar-refractivity contribution < 1.29 is 4.79 Å². The van der Waals surface area contributed by atoms with Crippen LogP contribution in [-0.2, 0) is 4.79 Å². The van der Waals surface area contributed by atoms with Gasteiger partial charge in [-0.05, 0) is 31.3 Å². The minimum atomic E-state index is 0. The van der Waals surface area contributed by atoms with E-state index in [1.807, 2.05) is 38.2 Å². The Hall–Kier alpha value is -0.420. The molecule has 0 saturated heterocycles. The summed E-state index contributed by atoms with van der Waals surface area (Å²) in [7, 11) is 1.85. The Kier molecular flexibility index (Phi) is 10.1. The number of amides is 1. The highest BCUT2D eigenvalue weighted by molar-refractivity contribution is 7.99. The van der Waals surface area contributed by atoms with Gasteiger partial charge in [-0.3, -0.25) is 4.79 Å². The van der Waals surface area contributed by atoms with Crippen molar-refractivity contribution in [2.24, 2.45) is 5.92 Å². The van der Waals surface area contributed by atoms with Crippen LogP contribution in [0.5, 0.6) is 0 Å². The summed E-state index contributed by atoms with van der Waals surface area (Å²) in [4.78, 5) is 12.8. The normalized spacial score (nSPS) is 11.5. The predicted octanol–water partition coefficient (Wildman–Crippen LogP) is 2.83. The highest BCUT2D eigenvalue weighted by Crippen LogP contribution is 2.19. The lowest BCUT2D eigenvalue weighted by Gasteiger charge is -2.11. The third-order valence-electron chi connectivity index (χ3n) is 2.44. The topological polar surface area (TPSA) is 41.1 Å². The van der Waals surface area contributed by atoms with Crippen LogP contribution in [0.4, 0.5) is 0 Å². The van der Waals surface area contributed by atoms with Gasteiger partial charge in [0, 0.05) is 34.7 Å². The molecule has 0 aliphatic rings. The van der Waals surface area contributed by atoms with Gasteiger partial charge in [0.2, 0.25) is 5.91 Å². The van der Waals surface area contributed by atoms with Gasteiger partial charge in [0.25, 0.3) is 0 Å². The molecule has 1 aromatic rings. The number of hydrogen-bond donors (Lipinski definition) is 2. The van der Waals surface area contributed by atoms with Crippen molar-refractivity contribution in [1.29, 1.82) is 0 Å². The fraction of sp³-hybridized carbons (Fsp3) is 0.462. The Morgan fingerprint density at radius 3 is 2.58 bits per heavy atom. The molecule has 108 valence electrons. The molecular weight excluding hydrogens is 303 g/mol. The molecular formula is C13H20Cl2N2OS. The molecule has 0 aliphatic carbocycles. The summed E-state index contributed by atoms with van der Waals surface area (Å²) >= 11 is 7.51. The average molecular weight is 323 g/mol. The van der Waals surface area contributed by atoms with Gasteiger partial charge >= 0.3 is 0 Å². The summed E-state index contributed by atoms with van der Waals surface area (Å²) in [5.74, 6) is 0.969. The first kappa shape index (κ1) is 18.6. The van der Waals surface area contributed by atoms with Crippen molar-refractivity contribution >= 4 is 41.7 Å². The molecule has 0 spiro atoms. The number of thioether (sulfide) groups is 1. The fourth-order valence-corrected chi connectivity index (χ4v) is 2.34. The third-order valence-corrected chi connectivity index (χ3v) is 3.71. The first-order chi connectivity index (χ1) is 8.63. The lowest BCUT2D eigenvalue weighted by molar-refractivity contribution is -0.124. The van der Waals surface area contributed by atoms with E-state index in [0.717, 1.165) is 15.7 Å². The standard InChI is InChI=1S/C13H19ClN2OS.ClH/c1-10(9-15-2)13(17)16-7-8-18-12-5-3-11(14)4-6-12;/h3-6,10,15H,7-9H2,1-2H3,(H,16,17);1H. The van der Waals surface area contributed by atoms with E-state index in [0.29, 0.717) is 13.1 Å². The monoisotopic (exact) mass is 322 g/mol. The molecule has 0 aliphatic heterocycles. The molecule has 19 heavy (non-hydrogen) atoms. The van der Waals surface area contributed by atoms with Crippen molar-refractivity contribution in [1.82, 2.24) is 10.6 Å². The molecule has 0 fully saturated rings. The van der Waals surface area contributed by atoms with Crippen LogP contribution in [0.15, 0.2) is 29.2 Å². The molecule has 0 radical (unpaired) electrons. The fourth-order valence-electron chi connectivity index (χ4n) is 1.45. The second-order valence-electron chi connectivity index (χ2n) is 4.05. The lowest BCUT2D eigenvalue weighted by Crippen LogP contribution is -2.35. The van der Waals surface area contributed by atoms with Crippen molar-refractivity contribution in [2.45, 2.75) is 11.8 Å². The SMILES string of the molecule is CNCC(C)C(=O)NCCSc1ccc(Cl)cc1.Cl. The third kappa shape index (κ3) is 7.67. The van der Waals surface area contributed by atoms with E-state index in [1.165, 1.54) is 0 Å². The number of rotatable bonds is 7. The van der Waals surface area contributed by atoms with Gasteiger partial charge in [-0.2, -0.15) is 0 Å². The van der Waals surface area contributed by atoms with Crippen LogP contribution >= 0.6 is 35.8 Å². The maximum atomic E-state index is 11.6. The molecule has 6 heteroatoms. The minimum absolute atomic E-state index is 0. The number of halogens is 2. The number of carbonyl (C=O) groups excluding carboxylic acids is 1. The maximum absolute atomic E-state index is 11.6. The molecule has 1 atom stereocenters. The summed E-state index contributed by atoms with van der Waals surface area (Å²) in [6.07, 6.45) is 0. The summed E-state index contributed by atoms with van der Waals surface area (Å²) in [5.41, 5.74) is 0. The first-order valence-corrected chi connectivity index (χ1v) is 7.30. The van der Waals surface area contributed by atoms with Crippen LogP contribution in [0.1, 0.15) is 6.92 Å². The van der Waals surface area contributed by atoms with Gasteiger partial charge in [0.15, 0.2) is 0 Å². The van der Waals surface area contributed by atoms with Crippen molar-refractivity contribution in [3.63, 3.8) is 0 Å². The summed E-state index contributed by atoms with van der Waals surface area (Å²) in [6, 6.07) is 7.71. The van der Waals surface area contributed by atoms with Crippen LogP contribution in [0.2, 0.25) is 5.02 Å². The zero-order valence-corrected chi connectivity index (χ0v) is 13.5. The predicted molar refractivity (Wildman–Crippen MR) is 85.5 cm³/mol. The molecule has 2 N–H and O–H groups in total. The van der Waals surface area contributed by atoms with Gasteiger partial charge in [0.1, 0.15) is 0 Å². The largest absolute Gasteiger partial charge is 0.355 e. The Bertz CT molecular complexity index is 373. The zero-order chi connectivity index (χ0) is 13.4. The molecule has 0 bridgehead atoms. The Morgan fingerprint density at radius 2 is 2.00 bits per heavy atom. The molecule has 1 aromatic carbocycles. The Labute approximate surface area is 130 Å².